The van der Waals surface area contributed by atoms with Gasteiger partial charge in [0.1, 0.15) is 0 Å². The molecule has 12 heavy (non-hydrogen) atoms. The molecule has 1 N–H and O–H groups in total. The Labute approximate surface area is 72.0 Å². The summed E-state index contributed by atoms with van der Waals surface area (Å²) in [5.74, 6) is 0. The fourth-order valence-electron chi connectivity index (χ4n) is 0.409. The molecule has 0 bridgehead atoms. The average Bonchev–Trinajstić information content (AvgIpc) is 1.84. The zero-order valence-corrected chi connectivity index (χ0v) is 7.93. The highest BCUT2D eigenvalue weighted by Gasteiger charge is 2.12. The molecule has 0 rings (SSSR count). The van der Waals surface area contributed by atoms with Gasteiger partial charge in [-0.1, -0.05) is 0 Å². The molecular formula is C3H8BO6S2. The SMILES string of the molecule is COS(=O)(=O)C[B]CS(=O)(=O)O. The Morgan fingerprint density at radius 2 is 1.75 bits per heavy atom. The van der Waals surface area contributed by atoms with E-state index in [4.69, 9.17) is 4.55 Å². The minimum Gasteiger partial charge on any atom is -0.286 e. The number of hydrogen-bond donors (Lipinski definition) is 1. The van der Waals surface area contributed by atoms with Crippen molar-refractivity contribution in [3.8, 4) is 0 Å². The molecule has 71 valence electrons. The summed E-state index contributed by atoms with van der Waals surface area (Å²) in [4.78, 5) is 0. The molecular weight excluding hydrogens is 207 g/mol. The third-order valence-electron chi connectivity index (χ3n) is 0.904. The van der Waals surface area contributed by atoms with Gasteiger partial charge in [0.2, 0.25) is 0 Å². The molecule has 0 fully saturated rings. The van der Waals surface area contributed by atoms with Crippen LogP contribution in [-0.2, 0) is 24.4 Å². The van der Waals surface area contributed by atoms with Gasteiger partial charge in [0.25, 0.3) is 20.2 Å². The number of hydrogen-bond acceptors (Lipinski definition) is 5. The lowest BCUT2D eigenvalue weighted by Crippen LogP contribution is -2.21. The zero-order valence-electron chi connectivity index (χ0n) is 6.30. The third-order valence-corrected chi connectivity index (χ3v) is 2.71. The molecule has 0 amide bonds. The second kappa shape index (κ2) is 4.22. The van der Waals surface area contributed by atoms with E-state index in [9.17, 15) is 16.8 Å². The Morgan fingerprint density at radius 1 is 1.25 bits per heavy atom. The van der Waals surface area contributed by atoms with Gasteiger partial charge < -0.3 is 0 Å². The fraction of sp³-hybridized carbons (Fsp3) is 1.00. The van der Waals surface area contributed by atoms with Gasteiger partial charge in [-0.25, -0.2) is 16.8 Å². The van der Waals surface area contributed by atoms with Crippen molar-refractivity contribution in [2.24, 2.45) is 0 Å². The predicted molar refractivity (Wildman–Crippen MR) is 43.0 cm³/mol. The Balaban J connectivity index is 3.89. The molecule has 9 heteroatoms. The first kappa shape index (κ1) is 11.9. The van der Waals surface area contributed by atoms with Crippen LogP contribution in [0, 0.1) is 0 Å². The van der Waals surface area contributed by atoms with Crippen LogP contribution in [0.15, 0.2) is 0 Å². The van der Waals surface area contributed by atoms with E-state index in [1.54, 1.807) is 0 Å². The molecule has 0 saturated heterocycles. The summed E-state index contributed by atoms with van der Waals surface area (Å²) >= 11 is 0. The summed E-state index contributed by atoms with van der Waals surface area (Å²) in [5.41, 5.74) is -1.24. The topological polar surface area (TPSA) is 97.7 Å². The van der Waals surface area contributed by atoms with Crippen LogP contribution in [-0.4, -0.2) is 47.1 Å². The monoisotopic (exact) mass is 215 g/mol. The molecule has 0 aliphatic rings. The van der Waals surface area contributed by atoms with Gasteiger partial charge in [-0.05, 0) is 0 Å². The average molecular weight is 215 g/mol. The van der Waals surface area contributed by atoms with Crippen molar-refractivity contribution in [1.82, 2.24) is 0 Å². The van der Waals surface area contributed by atoms with E-state index in [2.05, 4.69) is 4.18 Å². The maximum Gasteiger partial charge on any atom is 0.259 e. The van der Waals surface area contributed by atoms with Crippen LogP contribution in [0.2, 0.25) is 0 Å². The summed E-state index contributed by atoms with van der Waals surface area (Å²) in [6.07, 6.45) is 0. The molecule has 0 aromatic heterocycles. The minimum atomic E-state index is -4.13. The van der Waals surface area contributed by atoms with Crippen molar-refractivity contribution < 1.29 is 25.6 Å². The van der Waals surface area contributed by atoms with E-state index in [0.29, 0.717) is 0 Å². The van der Waals surface area contributed by atoms with Gasteiger partial charge in [-0.2, -0.15) is 0 Å². The molecule has 0 aliphatic heterocycles. The van der Waals surface area contributed by atoms with Crippen molar-refractivity contribution in [2.45, 2.75) is 0 Å². The van der Waals surface area contributed by atoms with E-state index < -0.39 is 31.5 Å². The molecule has 0 unspecified atom stereocenters. The summed E-state index contributed by atoms with van der Waals surface area (Å²) in [6, 6.07) is 0. The highest BCUT2D eigenvalue weighted by molar-refractivity contribution is 7.89. The largest absolute Gasteiger partial charge is 0.286 e. The first-order chi connectivity index (χ1) is 5.27. The van der Waals surface area contributed by atoms with Crippen molar-refractivity contribution in [1.29, 1.82) is 0 Å². The molecule has 0 heterocycles. The summed E-state index contributed by atoms with van der Waals surface area (Å²) in [7, 11) is -5.94. The maximum atomic E-state index is 10.6. The maximum absolute atomic E-state index is 10.6. The molecule has 0 atom stereocenters. The van der Waals surface area contributed by atoms with Crippen LogP contribution in [0.5, 0.6) is 0 Å². The van der Waals surface area contributed by atoms with Crippen LogP contribution >= 0.6 is 0 Å². The van der Waals surface area contributed by atoms with Gasteiger partial charge >= 0.3 is 0 Å². The third kappa shape index (κ3) is 6.59. The van der Waals surface area contributed by atoms with Gasteiger partial charge in [0, 0.05) is 11.3 Å². The second-order valence-corrected chi connectivity index (χ2v) is 5.21. The van der Waals surface area contributed by atoms with Crippen molar-refractivity contribution >= 4 is 27.5 Å². The predicted octanol–water partition coefficient (Wildman–Crippen LogP) is -1.53. The van der Waals surface area contributed by atoms with Gasteiger partial charge in [-0.15, -0.1) is 0 Å². The first-order valence-corrected chi connectivity index (χ1v) is 6.00. The zero-order chi connectivity index (χ0) is 9.83. The van der Waals surface area contributed by atoms with E-state index in [-0.39, 0.29) is 0 Å². The van der Waals surface area contributed by atoms with E-state index in [0.717, 1.165) is 14.4 Å². The summed E-state index contributed by atoms with van der Waals surface area (Å²) < 4.78 is 53.5. The molecule has 1 radical (unpaired) electrons. The van der Waals surface area contributed by atoms with Crippen LogP contribution in [0.4, 0.5) is 0 Å². The smallest absolute Gasteiger partial charge is 0.259 e. The molecule has 0 aromatic rings. The molecule has 0 aliphatic carbocycles. The Kier molecular flexibility index (Phi) is 4.17. The molecule has 0 spiro atoms. The first-order valence-electron chi connectivity index (χ1n) is 2.82. The molecule has 0 saturated carbocycles. The van der Waals surface area contributed by atoms with Gasteiger partial charge in [-0.3, -0.25) is 8.74 Å². The minimum absolute atomic E-state index is 0.538. The summed E-state index contributed by atoms with van der Waals surface area (Å²) in [6.45, 7) is 0. The normalized spacial score (nSPS) is 12.8. The lowest BCUT2D eigenvalue weighted by Gasteiger charge is -1.97. The molecule has 6 nitrogen and oxygen atoms in total. The van der Waals surface area contributed by atoms with Crippen molar-refractivity contribution in [3.05, 3.63) is 0 Å². The fourth-order valence-corrected chi connectivity index (χ4v) is 1.52. The van der Waals surface area contributed by atoms with Crippen LogP contribution < -0.4 is 0 Å². The summed E-state index contributed by atoms with van der Waals surface area (Å²) in [5, 5.41) is 0. The van der Waals surface area contributed by atoms with Crippen molar-refractivity contribution in [2.75, 3.05) is 18.4 Å². The lowest BCUT2D eigenvalue weighted by molar-refractivity contribution is 0.401. The highest BCUT2D eigenvalue weighted by Crippen LogP contribution is 1.89. The Morgan fingerprint density at radius 3 is 2.08 bits per heavy atom. The quantitative estimate of drug-likeness (QED) is 0.339. The highest BCUT2D eigenvalue weighted by atomic mass is 32.2. The van der Waals surface area contributed by atoms with E-state index in [1.807, 2.05) is 0 Å². The Bertz CT molecular complexity index is 315. The van der Waals surface area contributed by atoms with E-state index in [1.165, 1.54) is 0 Å². The lowest BCUT2D eigenvalue weighted by atomic mass is 9.86. The Hall–Kier alpha value is -0.115. The van der Waals surface area contributed by atoms with E-state index >= 15 is 0 Å². The van der Waals surface area contributed by atoms with Crippen LogP contribution in [0.1, 0.15) is 0 Å². The van der Waals surface area contributed by atoms with Gasteiger partial charge in [0.05, 0.1) is 7.11 Å². The number of rotatable bonds is 5. The van der Waals surface area contributed by atoms with Gasteiger partial charge in [0.15, 0.2) is 7.28 Å². The standard InChI is InChI=1S/C3H8BO6S2/c1-10-12(8,9)3-4-2-11(5,6)7/h2-3H2,1H3,(H,5,6,7). The van der Waals surface area contributed by atoms with Crippen LogP contribution in [0.3, 0.4) is 0 Å². The molecule has 0 aromatic carbocycles. The second-order valence-electron chi connectivity index (χ2n) is 1.93. The van der Waals surface area contributed by atoms with Crippen LogP contribution in [0.25, 0.3) is 0 Å². The van der Waals surface area contributed by atoms with Crippen molar-refractivity contribution in [3.63, 3.8) is 0 Å².